The first-order valence-corrected chi connectivity index (χ1v) is 8.77. The van der Waals surface area contributed by atoms with Crippen molar-refractivity contribution in [1.82, 2.24) is 10.2 Å². The van der Waals surface area contributed by atoms with E-state index < -0.39 is 0 Å². The van der Waals surface area contributed by atoms with Crippen LogP contribution in [0.2, 0.25) is 0 Å². The van der Waals surface area contributed by atoms with E-state index in [2.05, 4.69) is 17.3 Å². The molecule has 0 aromatic rings. The van der Waals surface area contributed by atoms with Crippen molar-refractivity contribution >= 4 is 0 Å². The van der Waals surface area contributed by atoms with Gasteiger partial charge in [0.15, 0.2) is 0 Å². The zero-order valence-corrected chi connectivity index (χ0v) is 12.8. The van der Waals surface area contributed by atoms with Crippen LogP contribution in [0.3, 0.4) is 0 Å². The summed E-state index contributed by atoms with van der Waals surface area (Å²) >= 11 is 0. The fraction of sp³-hybridized carbons (Fsp3) is 1.00. The fourth-order valence-electron chi connectivity index (χ4n) is 4.88. The molecule has 0 bridgehead atoms. The number of likely N-dealkylation sites (N-methyl/N-ethyl adjacent to an activating group) is 1. The van der Waals surface area contributed by atoms with E-state index in [4.69, 9.17) is 0 Å². The standard InChI is InChI=1S/C17H32N2/c1-18-16(14-15-8-7-9-15)17(10-3-4-11-17)19-12-5-2-6-13-19/h15-16,18H,2-14H2,1H3. The van der Waals surface area contributed by atoms with Crippen LogP contribution < -0.4 is 5.32 Å². The average Bonchev–Trinajstić information content (AvgIpc) is 2.89. The first-order valence-electron chi connectivity index (χ1n) is 8.77. The lowest BCUT2D eigenvalue weighted by Gasteiger charge is -2.50. The van der Waals surface area contributed by atoms with Gasteiger partial charge in [-0.1, -0.05) is 38.5 Å². The van der Waals surface area contributed by atoms with Gasteiger partial charge in [0.2, 0.25) is 0 Å². The normalized spacial score (nSPS) is 30.2. The molecule has 1 saturated heterocycles. The minimum Gasteiger partial charge on any atom is -0.315 e. The Kier molecular flexibility index (Phi) is 4.48. The molecule has 2 heteroatoms. The van der Waals surface area contributed by atoms with Crippen molar-refractivity contribution in [2.24, 2.45) is 5.92 Å². The number of hydrogen-bond acceptors (Lipinski definition) is 2. The van der Waals surface area contributed by atoms with Gasteiger partial charge in [-0.25, -0.2) is 0 Å². The van der Waals surface area contributed by atoms with Crippen molar-refractivity contribution in [3.8, 4) is 0 Å². The zero-order chi connectivity index (χ0) is 13.1. The highest BCUT2D eigenvalue weighted by Gasteiger charge is 2.46. The predicted molar refractivity (Wildman–Crippen MR) is 81.4 cm³/mol. The third-order valence-corrected chi connectivity index (χ3v) is 6.25. The molecule has 0 spiro atoms. The molecule has 2 nitrogen and oxygen atoms in total. The Morgan fingerprint density at radius 1 is 1.00 bits per heavy atom. The van der Waals surface area contributed by atoms with Crippen LogP contribution >= 0.6 is 0 Å². The maximum Gasteiger partial charge on any atom is 0.0362 e. The molecule has 3 aliphatic rings. The molecule has 1 N–H and O–H groups in total. The number of rotatable bonds is 5. The van der Waals surface area contributed by atoms with Crippen LogP contribution in [0.1, 0.15) is 70.6 Å². The van der Waals surface area contributed by atoms with Crippen molar-refractivity contribution in [2.75, 3.05) is 20.1 Å². The lowest BCUT2D eigenvalue weighted by molar-refractivity contribution is 0.0265. The molecule has 0 aromatic heterocycles. The minimum absolute atomic E-state index is 0.519. The van der Waals surface area contributed by atoms with Crippen molar-refractivity contribution in [1.29, 1.82) is 0 Å². The van der Waals surface area contributed by atoms with E-state index in [0.717, 1.165) is 12.0 Å². The van der Waals surface area contributed by atoms with Gasteiger partial charge in [-0.05, 0) is 58.2 Å². The summed E-state index contributed by atoms with van der Waals surface area (Å²) in [4.78, 5) is 2.89. The Balaban J connectivity index is 1.72. The molecule has 3 rings (SSSR count). The van der Waals surface area contributed by atoms with Gasteiger partial charge in [0.25, 0.3) is 0 Å². The Labute approximate surface area is 119 Å². The van der Waals surface area contributed by atoms with E-state index >= 15 is 0 Å². The Morgan fingerprint density at radius 2 is 1.68 bits per heavy atom. The van der Waals surface area contributed by atoms with Gasteiger partial charge in [0.05, 0.1) is 0 Å². The molecule has 1 aliphatic heterocycles. The highest BCUT2D eigenvalue weighted by atomic mass is 15.2. The number of nitrogens with zero attached hydrogens (tertiary/aromatic N) is 1. The first-order chi connectivity index (χ1) is 9.35. The van der Waals surface area contributed by atoms with E-state index in [0.29, 0.717) is 5.54 Å². The maximum absolute atomic E-state index is 3.74. The van der Waals surface area contributed by atoms with Crippen LogP contribution in [0.5, 0.6) is 0 Å². The van der Waals surface area contributed by atoms with Crippen molar-refractivity contribution < 1.29 is 0 Å². The van der Waals surface area contributed by atoms with E-state index in [-0.39, 0.29) is 0 Å². The summed E-state index contributed by atoms with van der Waals surface area (Å²) in [6, 6.07) is 0.749. The molecule has 1 unspecified atom stereocenters. The molecule has 0 radical (unpaired) electrons. The number of likely N-dealkylation sites (tertiary alicyclic amines) is 1. The highest BCUT2D eigenvalue weighted by molar-refractivity contribution is 5.04. The number of piperidine rings is 1. The molecule has 2 aliphatic carbocycles. The van der Waals surface area contributed by atoms with Gasteiger partial charge in [-0.15, -0.1) is 0 Å². The summed E-state index contributed by atoms with van der Waals surface area (Å²) in [6.07, 6.45) is 16.0. The molecule has 1 atom stereocenters. The summed E-state index contributed by atoms with van der Waals surface area (Å²) in [7, 11) is 2.22. The Hall–Kier alpha value is -0.0800. The number of nitrogens with one attached hydrogen (secondary N) is 1. The highest BCUT2D eigenvalue weighted by Crippen LogP contribution is 2.43. The van der Waals surface area contributed by atoms with Gasteiger partial charge in [-0.3, -0.25) is 4.90 Å². The Bertz CT molecular complexity index is 273. The van der Waals surface area contributed by atoms with Gasteiger partial charge in [0.1, 0.15) is 0 Å². The zero-order valence-electron chi connectivity index (χ0n) is 12.8. The van der Waals surface area contributed by atoms with Crippen molar-refractivity contribution in [3.05, 3.63) is 0 Å². The quantitative estimate of drug-likeness (QED) is 0.817. The number of hydrogen-bond donors (Lipinski definition) is 1. The van der Waals surface area contributed by atoms with Gasteiger partial charge in [0, 0.05) is 11.6 Å². The lowest BCUT2D eigenvalue weighted by atomic mass is 9.74. The molecule has 19 heavy (non-hydrogen) atoms. The van der Waals surface area contributed by atoms with E-state index in [9.17, 15) is 0 Å². The van der Waals surface area contributed by atoms with Crippen molar-refractivity contribution in [2.45, 2.75) is 82.2 Å². The van der Waals surface area contributed by atoms with Crippen LogP contribution in [0.4, 0.5) is 0 Å². The first kappa shape index (κ1) is 13.9. The molecule has 0 amide bonds. The third kappa shape index (κ3) is 2.71. The topological polar surface area (TPSA) is 15.3 Å². The van der Waals surface area contributed by atoms with Crippen molar-refractivity contribution in [3.63, 3.8) is 0 Å². The smallest absolute Gasteiger partial charge is 0.0362 e. The van der Waals surface area contributed by atoms with E-state index in [1.54, 1.807) is 0 Å². The summed E-state index contributed by atoms with van der Waals surface area (Å²) in [5.74, 6) is 1.03. The summed E-state index contributed by atoms with van der Waals surface area (Å²) < 4.78 is 0. The molecule has 0 aromatic carbocycles. The molecule has 3 fully saturated rings. The van der Waals surface area contributed by atoms with Crippen LogP contribution in [-0.2, 0) is 0 Å². The molecule has 110 valence electrons. The third-order valence-electron chi connectivity index (χ3n) is 6.25. The predicted octanol–water partition coefficient (Wildman–Crippen LogP) is 3.56. The fourth-order valence-corrected chi connectivity index (χ4v) is 4.88. The van der Waals surface area contributed by atoms with Crippen LogP contribution in [0.25, 0.3) is 0 Å². The summed E-state index contributed by atoms with van der Waals surface area (Å²) in [5, 5.41) is 3.74. The molecular weight excluding hydrogens is 232 g/mol. The second-order valence-corrected chi connectivity index (χ2v) is 7.23. The second-order valence-electron chi connectivity index (χ2n) is 7.23. The monoisotopic (exact) mass is 264 g/mol. The van der Waals surface area contributed by atoms with Gasteiger partial charge < -0.3 is 5.32 Å². The van der Waals surface area contributed by atoms with Crippen LogP contribution in [0.15, 0.2) is 0 Å². The maximum atomic E-state index is 3.74. The summed E-state index contributed by atoms with van der Waals surface area (Å²) in [5.41, 5.74) is 0.519. The molecule has 2 saturated carbocycles. The summed E-state index contributed by atoms with van der Waals surface area (Å²) in [6.45, 7) is 2.73. The van der Waals surface area contributed by atoms with Crippen LogP contribution in [0, 0.1) is 5.92 Å². The molecular formula is C17H32N2. The lowest BCUT2D eigenvalue weighted by Crippen LogP contribution is -2.61. The van der Waals surface area contributed by atoms with Gasteiger partial charge >= 0.3 is 0 Å². The minimum atomic E-state index is 0.519. The Morgan fingerprint density at radius 3 is 2.21 bits per heavy atom. The van der Waals surface area contributed by atoms with E-state index in [1.807, 2.05) is 0 Å². The average molecular weight is 264 g/mol. The largest absolute Gasteiger partial charge is 0.315 e. The SMILES string of the molecule is CNC(CC1CCC1)C1(N2CCCCC2)CCCC1. The van der Waals surface area contributed by atoms with Gasteiger partial charge in [-0.2, -0.15) is 0 Å². The second kappa shape index (κ2) is 6.13. The van der Waals surface area contributed by atoms with Crippen LogP contribution in [-0.4, -0.2) is 36.6 Å². The molecule has 1 heterocycles. The van der Waals surface area contributed by atoms with E-state index in [1.165, 1.54) is 83.7 Å².